The topological polar surface area (TPSA) is 207 Å². The average molecular weight is 586 g/mol. The van der Waals surface area contributed by atoms with E-state index in [4.69, 9.17) is 5.73 Å². The second-order valence-electron chi connectivity index (χ2n) is 9.53. The Bertz CT molecular complexity index is 1350. The molecule has 0 saturated carbocycles. The van der Waals surface area contributed by atoms with Crippen LogP contribution in [0.25, 0.3) is 10.9 Å². The molecule has 12 nitrogen and oxygen atoms in total. The predicted molar refractivity (Wildman–Crippen MR) is 155 cm³/mol. The van der Waals surface area contributed by atoms with Gasteiger partial charge in [-0.2, -0.15) is 11.8 Å². The summed E-state index contributed by atoms with van der Waals surface area (Å²) in [7, 11) is 0. The number of aromatic nitrogens is 1. The highest BCUT2D eigenvalue weighted by Gasteiger charge is 2.30. The molecule has 2 aromatic carbocycles. The second kappa shape index (κ2) is 15.1. The Balaban J connectivity index is 1.73. The Labute approximate surface area is 241 Å². The number of aromatic amines is 1. The fraction of sp³-hybridized carbons (Fsp3) is 0.357. The molecule has 13 heteroatoms. The van der Waals surface area contributed by atoms with Gasteiger partial charge >= 0.3 is 5.97 Å². The number of fused-ring (bicyclic) bond motifs is 1. The maximum Gasteiger partial charge on any atom is 0.326 e. The number of nitrogens with two attached hydrogens (primary N) is 1. The van der Waals surface area contributed by atoms with Crippen LogP contribution in [-0.2, 0) is 32.0 Å². The van der Waals surface area contributed by atoms with E-state index in [9.17, 15) is 34.5 Å². The number of H-pyrrole nitrogens is 1. The molecule has 1 heterocycles. The minimum absolute atomic E-state index is 0.0110. The van der Waals surface area contributed by atoms with Crippen LogP contribution >= 0.6 is 11.8 Å². The van der Waals surface area contributed by atoms with Gasteiger partial charge in [0, 0.05) is 23.5 Å². The van der Waals surface area contributed by atoms with Crippen molar-refractivity contribution in [3.8, 4) is 5.75 Å². The largest absolute Gasteiger partial charge is 0.508 e. The number of aliphatic hydroxyl groups excluding tert-OH is 1. The fourth-order valence-electron chi connectivity index (χ4n) is 4.22. The van der Waals surface area contributed by atoms with E-state index < -0.39 is 54.5 Å². The van der Waals surface area contributed by atoms with Gasteiger partial charge in [-0.15, -0.1) is 0 Å². The number of aromatic hydroxyl groups is 1. The zero-order valence-electron chi connectivity index (χ0n) is 22.5. The number of hydrogen-bond donors (Lipinski definition) is 8. The molecule has 41 heavy (non-hydrogen) atoms. The molecular formula is C28H35N5O7S. The minimum Gasteiger partial charge on any atom is -0.508 e. The van der Waals surface area contributed by atoms with E-state index in [0.29, 0.717) is 11.3 Å². The number of carboxylic acid groups (broad SMARTS) is 1. The van der Waals surface area contributed by atoms with Crippen LogP contribution in [0.2, 0.25) is 0 Å². The number of amides is 3. The third-order valence-corrected chi connectivity index (χ3v) is 7.15. The van der Waals surface area contributed by atoms with Gasteiger partial charge in [-0.25, -0.2) is 4.79 Å². The highest BCUT2D eigenvalue weighted by molar-refractivity contribution is 7.98. The summed E-state index contributed by atoms with van der Waals surface area (Å²) in [5.74, 6) is -3.01. The molecule has 0 fully saturated rings. The standard InChI is InChI=1S/C28H35N5O7S/c1-41-11-10-22(28(39)40)31-27(38)24(15-34)33-26(37)23(12-16-6-8-18(35)9-7-16)32-25(36)20(29)13-17-14-30-21-5-3-2-4-19(17)21/h2-9,14,20,22-24,30,34-35H,10-13,15,29H2,1H3,(H,31,38)(H,32,36)(H,33,37)(H,39,40). The molecular weight excluding hydrogens is 550 g/mol. The van der Waals surface area contributed by atoms with Gasteiger partial charge in [0.15, 0.2) is 0 Å². The van der Waals surface area contributed by atoms with Gasteiger partial charge in [0.2, 0.25) is 17.7 Å². The van der Waals surface area contributed by atoms with Crippen molar-refractivity contribution in [2.24, 2.45) is 5.73 Å². The van der Waals surface area contributed by atoms with Crippen LogP contribution in [0, 0.1) is 0 Å². The monoisotopic (exact) mass is 585 g/mol. The van der Waals surface area contributed by atoms with Crippen LogP contribution in [0.3, 0.4) is 0 Å². The molecule has 0 aliphatic carbocycles. The molecule has 0 saturated heterocycles. The van der Waals surface area contributed by atoms with Gasteiger partial charge in [-0.1, -0.05) is 30.3 Å². The van der Waals surface area contributed by atoms with E-state index >= 15 is 0 Å². The average Bonchev–Trinajstić information content (AvgIpc) is 3.36. The zero-order chi connectivity index (χ0) is 29.9. The van der Waals surface area contributed by atoms with Crippen LogP contribution in [0.4, 0.5) is 0 Å². The summed E-state index contributed by atoms with van der Waals surface area (Å²) in [6, 6.07) is 8.71. The van der Waals surface area contributed by atoms with Crippen LogP contribution in [0.15, 0.2) is 54.7 Å². The lowest BCUT2D eigenvalue weighted by Crippen LogP contribution is -2.58. The molecule has 3 aromatic rings. The summed E-state index contributed by atoms with van der Waals surface area (Å²) in [5, 5.41) is 37.1. The van der Waals surface area contributed by atoms with Crippen molar-refractivity contribution in [1.82, 2.24) is 20.9 Å². The summed E-state index contributed by atoms with van der Waals surface area (Å²) in [4.78, 5) is 53.8. The van der Waals surface area contributed by atoms with Crippen molar-refractivity contribution < 1.29 is 34.5 Å². The number of phenols is 1. The van der Waals surface area contributed by atoms with E-state index in [2.05, 4.69) is 20.9 Å². The van der Waals surface area contributed by atoms with Crippen molar-refractivity contribution in [3.05, 3.63) is 65.9 Å². The Kier molecular flexibility index (Phi) is 11.6. The first-order chi connectivity index (χ1) is 19.6. The van der Waals surface area contributed by atoms with Gasteiger partial charge in [0.25, 0.3) is 0 Å². The van der Waals surface area contributed by atoms with E-state index in [-0.39, 0.29) is 25.0 Å². The van der Waals surface area contributed by atoms with Crippen molar-refractivity contribution in [2.45, 2.75) is 43.4 Å². The Morgan fingerprint density at radius 2 is 1.54 bits per heavy atom. The highest BCUT2D eigenvalue weighted by atomic mass is 32.2. The third kappa shape index (κ3) is 8.96. The molecule has 0 aliphatic heterocycles. The van der Waals surface area contributed by atoms with Crippen molar-refractivity contribution >= 4 is 46.4 Å². The molecule has 4 unspecified atom stereocenters. The number of para-hydroxylation sites is 1. The van der Waals surface area contributed by atoms with Gasteiger partial charge in [0.1, 0.15) is 23.9 Å². The normalized spacial score (nSPS) is 14.0. The smallest absolute Gasteiger partial charge is 0.326 e. The Hall–Kier alpha value is -4.07. The summed E-state index contributed by atoms with van der Waals surface area (Å²) in [6.07, 6.45) is 3.90. The second-order valence-corrected chi connectivity index (χ2v) is 10.5. The minimum atomic E-state index is -1.46. The van der Waals surface area contributed by atoms with Gasteiger partial charge in [0.05, 0.1) is 12.6 Å². The number of benzene rings is 2. The fourth-order valence-corrected chi connectivity index (χ4v) is 4.69. The molecule has 4 atom stereocenters. The predicted octanol–water partition coefficient (Wildman–Crippen LogP) is 0.270. The number of carbonyl (C=O) groups excluding carboxylic acids is 3. The summed E-state index contributed by atoms with van der Waals surface area (Å²) < 4.78 is 0. The van der Waals surface area contributed by atoms with E-state index in [1.807, 2.05) is 24.3 Å². The van der Waals surface area contributed by atoms with E-state index in [1.165, 1.54) is 23.9 Å². The Morgan fingerprint density at radius 1 is 0.902 bits per heavy atom. The highest BCUT2D eigenvalue weighted by Crippen LogP contribution is 2.19. The number of thioether (sulfide) groups is 1. The molecule has 0 spiro atoms. The molecule has 0 aliphatic rings. The first-order valence-corrected chi connectivity index (χ1v) is 14.3. The first kappa shape index (κ1) is 31.5. The number of hydrogen-bond acceptors (Lipinski definition) is 8. The molecule has 1 aromatic heterocycles. The molecule has 9 N–H and O–H groups in total. The number of carboxylic acids is 1. The SMILES string of the molecule is CSCCC(NC(=O)C(CO)NC(=O)C(Cc1ccc(O)cc1)NC(=O)C(N)Cc1c[nH]c2ccccc12)C(=O)O. The van der Waals surface area contributed by atoms with Crippen LogP contribution in [-0.4, -0.2) is 86.8 Å². The first-order valence-electron chi connectivity index (χ1n) is 12.9. The lowest BCUT2D eigenvalue weighted by atomic mass is 10.0. The van der Waals surface area contributed by atoms with E-state index in [1.54, 1.807) is 24.6 Å². The van der Waals surface area contributed by atoms with Crippen LogP contribution in [0.1, 0.15) is 17.5 Å². The quantitative estimate of drug-likeness (QED) is 0.123. The van der Waals surface area contributed by atoms with Crippen molar-refractivity contribution in [2.75, 3.05) is 18.6 Å². The molecule has 220 valence electrons. The number of nitrogens with one attached hydrogen (secondary N) is 4. The van der Waals surface area contributed by atoms with Crippen molar-refractivity contribution in [3.63, 3.8) is 0 Å². The lowest BCUT2D eigenvalue weighted by Gasteiger charge is -2.24. The summed E-state index contributed by atoms with van der Waals surface area (Å²) >= 11 is 1.41. The van der Waals surface area contributed by atoms with Crippen LogP contribution in [0.5, 0.6) is 5.75 Å². The lowest BCUT2D eigenvalue weighted by molar-refractivity contribution is -0.142. The summed E-state index contributed by atoms with van der Waals surface area (Å²) in [5.41, 5.74) is 8.53. The summed E-state index contributed by atoms with van der Waals surface area (Å²) in [6.45, 7) is -0.799. The molecule has 0 bridgehead atoms. The third-order valence-electron chi connectivity index (χ3n) is 6.50. The number of rotatable bonds is 15. The molecule has 0 radical (unpaired) electrons. The number of aliphatic carboxylic acids is 1. The maximum absolute atomic E-state index is 13.3. The Morgan fingerprint density at radius 3 is 2.20 bits per heavy atom. The van der Waals surface area contributed by atoms with Crippen LogP contribution < -0.4 is 21.7 Å². The molecule has 3 amide bonds. The number of aliphatic hydroxyl groups is 1. The zero-order valence-corrected chi connectivity index (χ0v) is 23.3. The number of phenolic OH excluding ortho intramolecular Hbond substituents is 1. The van der Waals surface area contributed by atoms with Gasteiger partial charge in [-0.3, -0.25) is 14.4 Å². The molecule has 3 rings (SSSR count). The van der Waals surface area contributed by atoms with Gasteiger partial charge < -0.3 is 42.0 Å². The maximum atomic E-state index is 13.3. The number of carbonyl (C=O) groups is 4. The van der Waals surface area contributed by atoms with E-state index in [0.717, 1.165) is 16.5 Å². The van der Waals surface area contributed by atoms with Gasteiger partial charge in [-0.05, 0) is 54.2 Å². The van der Waals surface area contributed by atoms with Crippen molar-refractivity contribution in [1.29, 1.82) is 0 Å².